The van der Waals surface area contributed by atoms with Crippen LogP contribution in [0.25, 0.3) is 10.2 Å². The van der Waals surface area contributed by atoms with Gasteiger partial charge in [0.15, 0.2) is 5.13 Å². The largest absolute Gasteiger partial charge is 0.446 e. The second-order valence-corrected chi connectivity index (χ2v) is 19.8. The summed E-state index contributed by atoms with van der Waals surface area (Å²) in [6, 6.07) is 35.5. The Labute approximate surface area is 396 Å². The Morgan fingerprint density at radius 3 is 2.35 bits per heavy atom. The minimum absolute atomic E-state index is 0.0535. The van der Waals surface area contributed by atoms with Gasteiger partial charge < -0.3 is 15.5 Å². The number of thioether (sulfide) groups is 2. The quantitative estimate of drug-likeness (QED) is 0.0318. The van der Waals surface area contributed by atoms with Crippen LogP contribution >= 0.6 is 46.8 Å². The Morgan fingerprint density at radius 2 is 1.63 bits per heavy atom. The van der Waals surface area contributed by atoms with Crippen molar-refractivity contribution in [3.05, 3.63) is 132 Å². The van der Waals surface area contributed by atoms with Crippen molar-refractivity contribution in [2.75, 3.05) is 61.0 Å². The lowest BCUT2D eigenvalue weighted by Gasteiger charge is -2.36. The number of anilines is 3. The lowest BCUT2D eigenvalue weighted by Crippen LogP contribution is -2.48. The molecule has 0 unspecified atom stereocenters. The normalized spacial score (nSPS) is 14.2. The zero-order valence-corrected chi connectivity index (χ0v) is 40.0. The summed E-state index contributed by atoms with van der Waals surface area (Å²) in [6.45, 7) is 14.5. The number of unbranched alkanes of at least 4 members (excludes halogenated alkanes) is 1. The third kappa shape index (κ3) is 15.7. The summed E-state index contributed by atoms with van der Waals surface area (Å²) in [4.78, 5) is 41.5. The Morgan fingerprint density at radius 1 is 0.877 bits per heavy atom. The number of alkyl halides is 3. The lowest BCUT2D eigenvalue weighted by molar-refractivity contribution is -0.107. The fourth-order valence-electron chi connectivity index (χ4n) is 7.32. The summed E-state index contributed by atoms with van der Waals surface area (Å²) in [6.07, 6.45) is 4.00. The number of aryl methyl sites for hydroxylation is 1. The fourth-order valence-corrected chi connectivity index (χ4v) is 10.3. The number of halogens is 3. The van der Waals surface area contributed by atoms with Gasteiger partial charge in [-0.1, -0.05) is 59.9 Å². The highest BCUT2D eigenvalue weighted by Gasteiger charge is 2.30. The molecule has 65 heavy (non-hydrogen) atoms. The number of hydrogen-bond acceptors (Lipinski definition) is 12. The number of carbonyl (C=O) groups excluding carboxylic acids is 2. The van der Waals surface area contributed by atoms with Crippen LogP contribution in [0, 0.1) is 6.92 Å². The van der Waals surface area contributed by atoms with Gasteiger partial charge in [0.2, 0.25) is 6.41 Å². The van der Waals surface area contributed by atoms with Crippen molar-refractivity contribution in [3.8, 4) is 0 Å². The summed E-state index contributed by atoms with van der Waals surface area (Å²) >= 11 is 4.11. The molecule has 1 fully saturated rings. The molecule has 0 spiro atoms. The Bertz CT molecular complexity index is 2420. The SMILES string of the molecule is CC(C)N1CCN(CCCCSc2ccccc2)CC1.Cc1cccc(N2CCc3cccc(C(=O)Nc4nc5ccccc5s4)c3C2)n1.Nc1ccc(SNC=O)cc1SC(F)(F)F. The van der Waals surface area contributed by atoms with Crippen molar-refractivity contribution in [2.24, 2.45) is 0 Å². The van der Waals surface area contributed by atoms with Crippen molar-refractivity contribution >= 4 is 86.0 Å². The maximum Gasteiger partial charge on any atom is 0.446 e. The Balaban J connectivity index is 0.000000171. The summed E-state index contributed by atoms with van der Waals surface area (Å²) in [5, 5.41) is 3.62. The first-order valence-corrected chi connectivity index (χ1v) is 24.9. The number of nitrogens with zero attached hydrogens (tertiary/aromatic N) is 5. The van der Waals surface area contributed by atoms with Crippen LogP contribution in [0.15, 0.2) is 124 Å². The second-order valence-electron chi connectivity index (χ2n) is 15.6. The van der Waals surface area contributed by atoms with E-state index in [1.165, 1.54) is 91.3 Å². The molecule has 0 saturated carbocycles. The molecule has 6 aromatic rings. The molecule has 0 radical (unpaired) electrons. The van der Waals surface area contributed by atoms with Crippen molar-refractivity contribution in [1.82, 2.24) is 24.5 Å². The Hall–Kier alpha value is -4.78. The Kier molecular flexibility index (Phi) is 18.8. The molecule has 1 saturated heterocycles. The first-order chi connectivity index (χ1) is 31.3. The molecule has 0 aliphatic carbocycles. The summed E-state index contributed by atoms with van der Waals surface area (Å²) < 4.78 is 39.7. The molecule has 4 aromatic carbocycles. The highest BCUT2D eigenvalue weighted by Crippen LogP contribution is 2.41. The number of benzene rings is 4. The monoisotopic (exact) mass is 960 g/mol. The summed E-state index contributed by atoms with van der Waals surface area (Å²) in [7, 11) is 0. The van der Waals surface area contributed by atoms with Crippen molar-refractivity contribution in [3.63, 3.8) is 0 Å². The molecule has 0 bridgehead atoms. The number of thiazole rings is 1. The number of piperazine rings is 1. The van der Waals surface area contributed by atoms with Crippen LogP contribution in [0.1, 0.15) is 53.9 Å². The van der Waals surface area contributed by atoms with Crippen LogP contribution in [-0.4, -0.2) is 88.7 Å². The van der Waals surface area contributed by atoms with E-state index in [9.17, 15) is 22.8 Å². The van der Waals surface area contributed by atoms with Gasteiger partial charge in [0.25, 0.3) is 5.91 Å². The van der Waals surface area contributed by atoms with E-state index in [0.29, 0.717) is 34.6 Å². The number of pyridine rings is 1. The molecule has 344 valence electrons. The molecular weight excluding hydrogens is 906 g/mol. The van der Waals surface area contributed by atoms with E-state index in [4.69, 9.17) is 5.73 Å². The van der Waals surface area contributed by atoms with Gasteiger partial charge in [-0.2, -0.15) is 13.2 Å². The first kappa shape index (κ1) is 49.6. The maximum atomic E-state index is 13.1. The number of rotatable bonds is 14. The van der Waals surface area contributed by atoms with Crippen LogP contribution in [-0.2, 0) is 17.8 Å². The average molecular weight is 961 g/mol. The van der Waals surface area contributed by atoms with Crippen LogP contribution in [0.5, 0.6) is 0 Å². The van der Waals surface area contributed by atoms with E-state index in [-0.39, 0.29) is 28.3 Å². The number of amides is 2. The number of nitrogens with one attached hydrogen (secondary N) is 2. The van der Waals surface area contributed by atoms with Gasteiger partial charge in [0, 0.05) is 76.9 Å². The predicted molar refractivity (Wildman–Crippen MR) is 265 cm³/mol. The smallest absolute Gasteiger partial charge is 0.398 e. The van der Waals surface area contributed by atoms with E-state index >= 15 is 0 Å². The lowest BCUT2D eigenvalue weighted by atomic mass is 9.94. The van der Waals surface area contributed by atoms with Crippen LogP contribution in [0.4, 0.5) is 29.8 Å². The molecule has 2 amide bonds. The van der Waals surface area contributed by atoms with Crippen molar-refractivity contribution < 1.29 is 22.8 Å². The second kappa shape index (κ2) is 24.7. The minimum Gasteiger partial charge on any atom is -0.398 e. The number of fused-ring (bicyclic) bond motifs is 2. The van der Waals surface area contributed by atoms with Crippen LogP contribution in [0.2, 0.25) is 0 Å². The molecule has 2 aliphatic rings. The van der Waals surface area contributed by atoms with Crippen LogP contribution in [0.3, 0.4) is 0 Å². The average Bonchev–Trinajstić information content (AvgIpc) is 3.71. The van der Waals surface area contributed by atoms with E-state index < -0.39 is 5.51 Å². The van der Waals surface area contributed by atoms with Gasteiger partial charge >= 0.3 is 5.51 Å². The fraction of sp³-hybridized carbons (Fsp3) is 0.333. The number of carbonyl (C=O) groups is 2. The third-order valence-corrected chi connectivity index (χ3v) is 14.2. The van der Waals surface area contributed by atoms with Gasteiger partial charge in [-0.15, -0.1) is 11.8 Å². The number of nitrogen functional groups attached to an aromatic ring is 1. The number of hydrogen-bond donors (Lipinski definition) is 3. The molecular formula is C48H55F3N8O2S4. The van der Waals surface area contributed by atoms with E-state index in [2.05, 4.69) is 85.0 Å². The van der Waals surface area contributed by atoms with Gasteiger partial charge in [-0.3, -0.25) is 24.5 Å². The predicted octanol–water partition coefficient (Wildman–Crippen LogP) is 11.0. The van der Waals surface area contributed by atoms with Crippen LogP contribution < -0.4 is 20.7 Å². The van der Waals surface area contributed by atoms with Gasteiger partial charge in [-0.25, -0.2) is 9.97 Å². The minimum atomic E-state index is -4.38. The zero-order chi connectivity index (χ0) is 46.2. The number of aromatic nitrogens is 2. The van der Waals surface area contributed by atoms with Gasteiger partial charge in [-0.05, 0) is 148 Å². The molecule has 4 N–H and O–H groups in total. The van der Waals surface area contributed by atoms with E-state index in [1.54, 1.807) is 0 Å². The number of para-hydroxylation sites is 1. The molecule has 0 atom stereocenters. The first-order valence-electron chi connectivity index (χ1n) is 21.5. The van der Waals surface area contributed by atoms with Crippen molar-refractivity contribution in [2.45, 2.75) is 72.8 Å². The molecule has 8 rings (SSSR count). The third-order valence-electron chi connectivity index (χ3n) is 10.7. The highest BCUT2D eigenvalue weighted by molar-refractivity contribution is 8.00. The van der Waals surface area contributed by atoms with Gasteiger partial charge in [0.1, 0.15) is 5.82 Å². The zero-order valence-electron chi connectivity index (χ0n) is 36.7. The molecule has 4 heterocycles. The summed E-state index contributed by atoms with van der Waals surface area (Å²) in [5.74, 6) is 2.09. The van der Waals surface area contributed by atoms with Crippen molar-refractivity contribution in [1.29, 1.82) is 0 Å². The molecule has 17 heteroatoms. The topological polar surface area (TPSA) is 120 Å². The highest BCUT2D eigenvalue weighted by atomic mass is 32.2. The molecule has 10 nitrogen and oxygen atoms in total. The molecule has 2 aromatic heterocycles. The van der Waals surface area contributed by atoms with Gasteiger partial charge in [0.05, 0.1) is 10.2 Å². The number of nitrogens with two attached hydrogens (primary N) is 1. The van der Waals surface area contributed by atoms with E-state index in [0.717, 1.165) is 52.2 Å². The standard InChI is InChI=1S/C23H20N4OS.C17H28N2S.C8H7F3N2OS2/c1-15-6-4-11-21(24-15)27-13-12-16-7-5-8-17(18(16)14-27)22(28)26-23-25-19-9-2-3-10-20(19)29-23;1-16(2)19-13-11-18(12-14-19)10-6-7-15-20-17-8-4-3-5-9-17;9-8(10,11)15-7-3-5(16-13-4-14)1-2-6(7)12/h2-11H,12-14H2,1H3,(H,25,26,28);3-5,8-9,16H,6-7,10-15H2,1-2H3;1-4H,12H2,(H,13,14). The van der Waals surface area contributed by atoms with E-state index in [1.807, 2.05) is 73.3 Å². The summed E-state index contributed by atoms with van der Waals surface area (Å²) in [5.41, 5.74) is 5.98. The maximum absolute atomic E-state index is 13.1. The molecule has 2 aliphatic heterocycles.